The predicted octanol–water partition coefficient (Wildman–Crippen LogP) is 3.72. The van der Waals surface area contributed by atoms with Crippen molar-refractivity contribution >= 4 is 5.91 Å². The van der Waals surface area contributed by atoms with Crippen LogP contribution in [0.25, 0.3) is 0 Å². The third-order valence-electron chi connectivity index (χ3n) is 6.90. The second kappa shape index (κ2) is 7.78. The van der Waals surface area contributed by atoms with Crippen molar-refractivity contribution in [1.82, 2.24) is 10.2 Å². The Hall–Kier alpha value is -2.01. The molecule has 0 saturated carbocycles. The molecule has 5 unspecified atom stereocenters. The van der Waals surface area contributed by atoms with Crippen LogP contribution in [-0.2, 0) is 9.53 Å². The predicted molar refractivity (Wildman–Crippen MR) is 109 cm³/mol. The van der Waals surface area contributed by atoms with Gasteiger partial charge in [-0.2, -0.15) is 0 Å². The lowest BCUT2D eigenvalue weighted by Gasteiger charge is -2.43. The summed E-state index contributed by atoms with van der Waals surface area (Å²) in [6, 6.07) is 8.12. The van der Waals surface area contributed by atoms with E-state index in [9.17, 15) is 4.79 Å². The third-order valence-corrected chi connectivity index (χ3v) is 6.90. The van der Waals surface area contributed by atoms with Crippen LogP contribution in [-0.4, -0.2) is 42.1 Å². The fourth-order valence-electron chi connectivity index (χ4n) is 5.46. The van der Waals surface area contributed by atoms with Crippen LogP contribution in [0.1, 0.15) is 56.7 Å². The number of hydrogen-bond donors (Lipinski definition) is 1. The number of methoxy groups -OCH3 is 1. The Kier molecular flexibility index (Phi) is 5.37. The van der Waals surface area contributed by atoms with Gasteiger partial charge in [-0.25, -0.2) is 0 Å². The number of nitrogens with one attached hydrogen (secondary N) is 1. The first-order valence-corrected chi connectivity index (χ1v) is 10.5. The number of piperidine rings is 1. The van der Waals surface area contributed by atoms with Crippen LogP contribution in [0.2, 0.25) is 0 Å². The minimum Gasteiger partial charge on any atom is -0.497 e. The molecule has 1 aromatic rings. The number of benzene rings is 1. The number of carbonyl (C=O) groups excluding carboxylic acids is 1. The Bertz CT molecular complexity index is 748. The van der Waals surface area contributed by atoms with Crippen LogP contribution < -0.4 is 10.1 Å². The summed E-state index contributed by atoms with van der Waals surface area (Å²) in [6.07, 6.45) is 7.98. The Labute approximate surface area is 168 Å². The summed E-state index contributed by atoms with van der Waals surface area (Å²) in [4.78, 5) is 15.3. The normalized spacial score (nSPS) is 32.8. The number of hydrogen-bond acceptors (Lipinski definition) is 4. The summed E-state index contributed by atoms with van der Waals surface area (Å²) in [5, 5.41) is 3.30. The van der Waals surface area contributed by atoms with Crippen molar-refractivity contribution in [2.24, 2.45) is 5.92 Å². The van der Waals surface area contributed by atoms with E-state index in [2.05, 4.69) is 42.3 Å². The Balaban J connectivity index is 1.42. The van der Waals surface area contributed by atoms with Gasteiger partial charge in [-0.15, -0.1) is 0 Å². The molecule has 2 fully saturated rings. The fourth-order valence-corrected chi connectivity index (χ4v) is 5.46. The summed E-state index contributed by atoms with van der Waals surface area (Å²) in [5.74, 6) is 0.867. The minimum atomic E-state index is -0.156. The van der Waals surface area contributed by atoms with Gasteiger partial charge in [0.15, 0.2) is 0 Å². The van der Waals surface area contributed by atoms with Crippen LogP contribution in [0.4, 0.5) is 0 Å². The van der Waals surface area contributed by atoms with E-state index < -0.39 is 0 Å². The van der Waals surface area contributed by atoms with Crippen molar-refractivity contribution in [1.29, 1.82) is 0 Å². The summed E-state index contributed by atoms with van der Waals surface area (Å²) in [7, 11) is 1.71. The van der Waals surface area contributed by atoms with E-state index in [4.69, 9.17) is 9.47 Å². The standard InChI is InChI=1S/C23H32N2O3/c1-14-11-20(27-4)7-8-21(14)15(2)25-18-5-6-19(25)13-17(12-18)24-23(26)22-9-10-28-16(22)3/h7-11,15-19,22H,5-6,12-13H2,1-4H3,(H,24,26). The molecule has 3 aliphatic rings. The number of amides is 1. The summed E-state index contributed by atoms with van der Waals surface area (Å²) in [5.41, 5.74) is 2.66. The Morgan fingerprint density at radius 1 is 1.29 bits per heavy atom. The lowest BCUT2D eigenvalue weighted by Crippen LogP contribution is -2.52. The Morgan fingerprint density at radius 2 is 2.00 bits per heavy atom. The summed E-state index contributed by atoms with van der Waals surface area (Å²) < 4.78 is 10.8. The van der Waals surface area contributed by atoms with Gasteiger partial charge in [0.05, 0.1) is 19.3 Å². The summed E-state index contributed by atoms with van der Waals surface area (Å²) >= 11 is 0. The topological polar surface area (TPSA) is 50.8 Å². The molecule has 152 valence electrons. The number of aryl methyl sites for hydroxylation is 1. The monoisotopic (exact) mass is 384 g/mol. The van der Waals surface area contributed by atoms with Gasteiger partial charge in [0.1, 0.15) is 11.9 Å². The van der Waals surface area contributed by atoms with Gasteiger partial charge < -0.3 is 14.8 Å². The van der Waals surface area contributed by atoms with Gasteiger partial charge in [-0.05, 0) is 75.8 Å². The molecule has 4 rings (SSSR count). The fraction of sp³-hybridized carbons (Fsp3) is 0.609. The average molecular weight is 385 g/mol. The molecule has 28 heavy (non-hydrogen) atoms. The van der Waals surface area contributed by atoms with Crippen molar-refractivity contribution in [3.05, 3.63) is 41.7 Å². The highest BCUT2D eigenvalue weighted by Gasteiger charge is 2.44. The highest BCUT2D eigenvalue weighted by atomic mass is 16.5. The molecule has 1 aromatic carbocycles. The first-order chi connectivity index (χ1) is 13.5. The quantitative estimate of drug-likeness (QED) is 0.841. The molecule has 3 aliphatic heterocycles. The number of fused-ring (bicyclic) bond motifs is 2. The van der Waals surface area contributed by atoms with Crippen LogP contribution in [0.5, 0.6) is 5.75 Å². The van der Waals surface area contributed by atoms with E-state index in [1.807, 2.05) is 13.0 Å². The van der Waals surface area contributed by atoms with E-state index in [1.165, 1.54) is 24.0 Å². The lowest BCUT2D eigenvalue weighted by atomic mass is 9.91. The van der Waals surface area contributed by atoms with Gasteiger partial charge in [-0.1, -0.05) is 6.07 Å². The van der Waals surface area contributed by atoms with Crippen molar-refractivity contribution in [3.8, 4) is 5.75 Å². The van der Waals surface area contributed by atoms with Gasteiger partial charge >= 0.3 is 0 Å². The van der Waals surface area contributed by atoms with E-state index in [0.29, 0.717) is 18.1 Å². The van der Waals surface area contributed by atoms with Gasteiger partial charge in [-0.3, -0.25) is 9.69 Å². The molecular weight excluding hydrogens is 352 g/mol. The highest BCUT2D eigenvalue weighted by Crippen LogP contribution is 2.42. The smallest absolute Gasteiger partial charge is 0.231 e. The second-order valence-electron chi connectivity index (χ2n) is 8.60. The number of ether oxygens (including phenoxy) is 2. The molecule has 3 heterocycles. The third kappa shape index (κ3) is 3.52. The van der Waals surface area contributed by atoms with Crippen LogP contribution in [0, 0.1) is 12.8 Å². The van der Waals surface area contributed by atoms with Crippen molar-refractivity contribution in [2.75, 3.05) is 7.11 Å². The average Bonchev–Trinajstić information content (AvgIpc) is 3.22. The zero-order chi connectivity index (χ0) is 19.8. The summed E-state index contributed by atoms with van der Waals surface area (Å²) in [6.45, 7) is 6.44. The maximum Gasteiger partial charge on any atom is 0.231 e. The van der Waals surface area contributed by atoms with Crippen molar-refractivity contribution in [3.63, 3.8) is 0 Å². The molecule has 1 N–H and O–H groups in total. The highest BCUT2D eigenvalue weighted by molar-refractivity contribution is 5.81. The molecule has 5 atom stereocenters. The molecule has 0 aliphatic carbocycles. The van der Waals surface area contributed by atoms with Crippen LogP contribution >= 0.6 is 0 Å². The van der Waals surface area contributed by atoms with Crippen LogP contribution in [0.15, 0.2) is 30.5 Å². The molecule has 1 amide bonds. The van der Waals surface area contributed by atoms with E-state index in [1.54, 1.807) is 13.4 Å². The maximum atomic E-state index is 12.6. The first-order valence-electron chi connectivity index (χ1n) is 10.5. The SMILES string of the molecule is COc1ccc(C(C)N2C3CCC2CC(NC(=O)C2C=COC2C)C3)c(C)c1. The molecule has 5 nitrogen and oxygen atoms in total. The largest absolute Gasteiger partial charge is 0.497 e. The molecule has 2 saturated heterocycles. The van der Waals surface area contributed by atoms with E-state index in [0.717, 1.165) is 18.6 Å². The number of rotatable bonds is 5. The van der Waals surface area contributed by atoms with E-state index in [-0.39, 0.29) is 24.0 Å². The van der Waals surface area contributed by atoms with Gasteiger partial charge in [0.25, 0.3) is 0 Å². The van der Waals surface area contributed by atoms with Gasteiger partial charge in [0.2, 0.25) is 5.91 Å². The van der Waals surface area contributed by atoms with E-state index >= 15 is 0 Å². The molecule has 0 spiro atoms. The number of nitrogens with zero attached hydrogens (tertiary/aromatic N) is 1. The second-order valence-corrected chi connectivity index (χ2v) is 8.60. The first kappa shape index (κ1) is 19.3. The Morgan fingerprint density at radius 3 is 2.57 bits per heavy atom. The van der Waals surface area contributed by atoms with Crippen molar-refractivity contribution < 1.29 is 14.3 Å². The van der Waals surface area contributed by atoms with Crippen molar-refractivity contribution in [2.45, 2.75) is 76.7 Å². The zero-order valence-electron chi connectivity index (χ0n) is 17.4. The minimum absolute atomic E-state index is 0.0603. The molecular formula is C23H32N2O3. The molecule has 0 radical (unpaired) electrons. The van der Waals surface area contributed by atoms with Crippen LogP contribution in [0.3, 0.4) is 0 Å². The molecule has 0 aromatic heterocycles. The molecule has 2 bridgehead atoms. The van der Waals surface area contributed by atoms with Gasteiger partial charge in [0, 0.05) is 24.2 Å². The zero-order valence-corrected chi connectivity index (χ0v) is 17.4. The lowest BCUT2D eigenvalue weighted by molar-refractivity contribution is -0.126. The number of carbonyl (C=O) groups is 1. The maximum absolute atomic E-state index is 12.6. The molecule has 5 heteroatoms.